The van der Waals surface area contributed by atoms with Gasteiger partial charge in [-0.2, -0.15) is 5.26 Å². The van der Waals surface area contributed by atoms with E-state index in [0.717, 1.165) is 5.56 Å². The Morgan fingerprint density at radius 1 is 1.07 bits per heavy atom. The Labute approximate surface area is 92.0 Å². The number of nitriles is 1. The molecule has 0 saturated heterocycles. The van der Waals surface area contributed by atoms with Crippen LogP contribution in [0.25, 0.3) is 11.3 Å². The molecule has 15 heavy (non-hydrogen) atoms. The van der Waals surface area contributed by atoms with Gasteiger partial charge in [-0.05, 0) is 18.2 Å². The topological polar surface area (TPSA) is 49.6 Å². The zero-order valence-electron chi connectivity index (χ0n) is 7.68. The zero-order valence-corrected chi connectivity index (χ0v) is 8.44. The fraction of sp³-hybridized carbons (Fsp3) is 0. The van der Waals surface area contributed by atoms with Crippen LogP contribution in [-0.4, -0.2) is 10.2 Å². The maximum Gasteiger partial charge on any atom is 0.151 e. The van der Waals surface area contributed by atoms with Gasteiger partial charge in [0.1, 0.15) is 0 Å². The van der Waals surface area contributed by atoms with Gasteiger partial charge >= 0.3 is 0 Å². The first kappa shape index (κ1) is 9.63. The molecule has 0 amide bonds. The molecular formula is C11H6ClN3. The fourth-order valence-electron chi connectivity index (χ4n) is 1.26. The first-order valence-electron chi connectivity index (χ1n) is 4.30. The van der Waals surface area contributed by atoms with Gasteiger partial charge in [0.15, 0.2) is 5.15 Å². The van der Waals surface area contributed by atoms with Gasteiger partial charge in [-0.25, -0.2) is 0 Å². The molecule has 3 nitrogen and oxygen atoms in total. The molecule has 4 heteroatoms. The van der Waals surface area contributed by atoms with E-state index in [1.54, 1.807) is 18.2 Å². The summed E-state index contributed by atoms with van der Waals surface area (Å²) in [7, 11) is 0. The van der Waals surface area contributed by atoms with E-state index in [0.29, 0.717) is 16.4 Å². The highest BCUT2D eigenvalue weighted by Crippen LogP contribution is 2.20. The molecule has 0 aliphatic heterocycles. The smallest absolute Gasteiger partial charge is 0.151 e. The van der Waals surface area contributed by atoms with Crippen LogP contribution in [0, 0.1) is 11.3 Å². The first-order chi connectivity index (χ1) is 7.31. The van der Waals surface area contributed by atoms with Gasteiger partial charge in [-0.1, -0.05) is 29.8 Å². The highest BCUT2D eigenvalue weighted by atomic mass is 35.5. The molecule has 2 rings (SSSR count). The minimum Gasteiger partial charge on any atom is -0.192 e. The fourth-order valence-corrected chi connectivity index (χ4v) is 1.36. The van der Waals surface area contributed by atoms with Crippen molar-refractivity contribution >= 4 is 11.6 Å². The molecule has 0 unspecified atom stereocenters. The van der Waals surface area contributed by atoms with E-state index in [-0.39, 0.29) is 0 Å². The van der Waals surface area contributed by atoms with Crippen LogP contribution in [-0.2, 0) is 0 Å². The van der Waals surface area contributed by atoms with Crippen LogP contribution in [0.1, 0.15) is 5.56 Å². The number of nitrogens with zero attached hydrogens (tertiary/aromatic N) is 3. The second-order valence-corrected chi connectivity index (χ2v) is 3.29. The summed E-state index contributed by atoms with van der Waals surface area (Å²) in [6, 6.07) is 12.7. The van der Waals surface area contributed by atoms with Crippen LogP contribution < -0.4 is 0 Å². The lowest BCUT2D eigenvalue weighted by Crippen LogP contribution is -1.89. The lowest BCUT2D eigenvalue weighted by molar-refractivity contribution is 1.04. The number of halogens is 1. The highest BCUT2D eigenvalue weighted by molar-refractivity contribution is 6.29. The summed E-state index contributed by atoms with van der Waals surface area (Å²) in [4.78, 5) is 0. The predicted molar refractivity (Wildman–Crippen MR) is 57.2 cm³/mol. The van der Waals surface area contributed by atoms with E-state index >= 15 is 0 Å². The molecule has 1 aromatic carbocycles. The molecule has 0 aliphatic rings. The summed E-state index contributed by atoms with van der Waals surface area (Å²) < 4.78 is 0. The molecule has 0 spiro atoms. The van der Waals surface area contributed by atoms with Crippen molar-refractivity contribution in [3.05, 3.63) is 47.1 Å². The minimum atomic E-state index is 0.341. The molecule has 0 atom stereocenters. The van der Waals surface area contributed by atoms with Gasteiger partial charge in [-0.3, -0.25) is 0 Å². The van der Waals surface area contributed by atoms with Crippen molar-refractivity contribution in [3.63, 3.8) is 0 Å². The summed E-state index contributed by atoms with van der Waals surface area (Å²) in [5.41, 5.74) is 2.00. The SMILES string of the molecule is N#Cc1ccccc1-c1ccc(Cl)nn1. The van der Waals surface area contributed by atoms with E-state index < -0.39 is 0 Å². The molecule has 72 valence electrons. The van der Waals surface area contributed by atoms with Crippen molar-refractivity contribution in [2.45, 2.75) is 0 Å². The molecular weight excluding hydrogens is 210 g/mol. The lowest BCUT2D eigenvalue weighted by Gasteiger charge is -2.01. The van der Waals surface area contributed by atoms with Crippen molar-refractivity contribution < 1.29 is 0 Å². The van der Waals surface area contributed by atoms with Crippen molar-refractivity contribution in [1.82, 2.24) is 10.2 Å². The van der Waals surface area contributed by atoms with Gasteiger partial charge < -0.3 is 0 Å². The van der Waals surface area contributed by atoms with Crippen LogP contribution in [0.3, 0.4) is 0 Å². The normalized spacial score (nSPS) is 9.60. The van der Waals surface area contributed by atoms with Gasteiger partial charge in [0.05, 0.1) is 17.3 Å². The maximum absolute atomic E-state index is 8.91. The van der Waals surface area contributed by atoms with E-state index in [4.69, 9.17) is 16.9 Å². The maximum atomic E-state index is 8.91. The summed E-state index contributed by atoms with van der Waals surface area (Å²) in [5, 5.41) is 16.9. The molecule has 0 N–H and O–H groups in total. The van der Waals surface area contributed by atoms with Crippen molar-refractivity contribution in [3.8, 4) is 17.3 Å². The standard InChI is InChI=1S/C11H6ClN3/c12-11-6-5-10(14-15-11)9-4-2-1-3-8(9)7-13/h1-6H. The number of hydrogen-bond acceptors (Lipinski definition) is 3. The Morgan fingerprint density at radius 3 is 2.53 bits per heavy atom. The van der Waals surface area contributed by atoms with Crippen LogP contribution in [0.4, 0.5) is 0 Å². The summed E-state index contributed by atoms with van der Waals surface area (Å²) in [6.45, 7) is 0. The number of benzene rings is 1. The third kappa shape index (κ3) is 1.95. The van der Waals surface area contributed by atoms with Crippen LogP contribution in [0.2, 0.25) is 5.15 Å². The molecule has 0 aliphatic carbocycles. The van der Waals surface area contributed by atoms with Crippen LogP contribution in [0.15, 0.2) is 36.4 Å². The molecule has 1 heterocycles. The van der Waals surface area contributed by atoms with Gasteiger partial charge in [0, 0.05) is 5.56 Å². The Morgan fingerprint density at radius 2 is 1.87 bits per heavy atom. The van der Waals surface area contributed by atoms with Gasteiger partial charge in [-0.15, -0.1) is 10.2 Å². The summed E-state index contributed by atoms with van der Waals surface area (Å²) in [6.07, 6.45) is 0. The molecule has 0 radical (unpaired) electrons. The zero-order chi connectivity index (χ0) is 10.7. The van der Waals surface area contributed by atoms with E-state index in [1.165, 1.54) is 0 Å². The molecule has 2 aromatic rings. The van der Waals surface area contributed by atoms with E-state index in [1.807, 2.05) is 18.2 Å². The summed E-state index contributed by atoms with van der Waals surface area (Å²) in [5.74, 6) is 0. The predicted octanol–water partition coefficient (Wildman–Crippen LogP) is 2.67. The first-order valence-corrected chi connectivity index (χ1v) is 4.68. The quantitative estimate of drug-likeness (QED) is 0.735. The second kappa shape index (κ2) is 4.07. The molecule has 0 bridgehead atoms. The number of hydrogen-bond donors (Lipinski definition) is 0. The molecule has 0 fully saturated rings. The Kier molecular flexibility index (Phi) is 2.61. The van der Waals surface area contributed by atoms with Crippen molar-refractivity contribution in [2.75, 3.05) is 0 Å². The monoisotopic (exact) mass is 215 g/mol. The third-order valence-corrected chi connectivity index (χ3v) is 2.16. The third-order valence-electron chi connectivity index (χ3n) is 1.96. The average molecular weight is 216 g/mol. The van der Waals surface area contributed by atoms with Gasteiger partial charge in [0.2, 0.25) is 0 Å². The highest BCUT2D eigenvalue weighted by Gasteiger charge is 2.05. The van der Waals surface area contributed by atoms with Crippen molar-refractivity contribution in [2.24, 2.45) is 0 Å². The molecule has 0 saturated carbocycles. The van der Waals surface area contributed by atoms with Crippen molar-refractivity contribution in [1.29, 1.82) is 5.26 Å². The Hall–Kier alpha value is -1.92. The second-order valence-electron chi connectivity index (χ2n) is 2.90. The Balaban J connectivity index is 2.55. The van der Waals surface area contributed by atoms with E-state index in [9.17, 15) is 0 Å². The Bertz CT molecular complexity index is 514. The molecule has 1 aromatic heterocycles. The van der Waals surface area contributed by atoms with Crippen LogP contribution >= 0.6 is 11.6 Å². The van der Waals surface area contributed by atoms with Gasteiger partial charge in [0.25, 0.3) is 0 Å². The van der Waals surface area contributed by atoms with Crippen LogP contribution in [0.5, 0.6) is 0 Å². The van der Waals surface area contributed by atoms with E-state index in [2.05, 4.69) is 16.3 Å². The largest absolute Gasteiger partial charge is 0.192 e. The summed E-state index contributed by atoms with van der Waals surface area (Å²) >= 11 is 5.63. The number of aromatic nitrogens is 2. The number of rotatable bonds is 1. The average Bonchev–Trinajstić information content (AvgIpc) is 2.30. The minimum absolute atomic E-state index is 0.341. The lowest BCUT2D eigenvalue weighted by atomic mass is 10.1.